The Labute approximate surface area is 82.5 Å². The van der Waals surface area contributed by atoms with Gasteiger partial charge < -0.3 is 5.73 Å². The Balaban J connectivity index is 2.68. The van der Waals surface area contributed by atoms with E-state index in [2.05, 4.69) is 0 Å². The van der Waals surface area contributed by atoms with E-state index in [1.807, 2.05) is 6.92 Å². The molecule has 1 unspecified atom stereocenters. The topological polar surface area (TPSA) is 60.2 Å². The summed E-state index contributed by atoms with van der Waals surface area (Å²) in [5.74, 6) is 0.144. The lowest BCUT2D eigenvalue weighted by Crippen LogP contribution is -2.19. The summed E-state index contributed by atoms with van der Waals surface area (Å²) in [7, 11) is -3.07. The highest BCUT2D eigenvalue weighted by Crippen LogP contribution is 2.18. The van der Waals surface area contributed by atoms with Gasteiger partial charge in [-0.05, 0) is 24.8 Å². The van der Waals surface area contributed by atoms with Gasteiger partial charge in [0.25, 0.3) is 0 Å². The maximum atomic E-state index is 11.6. The first kappa shape index (κ1) is 10.7. The Morgan fingerprint density at radius 1 is 1.62 bits per heavy atom. The van der Waals surface area contributed by atoms with E-state index in [1.54, 1.807) is 17.5 Å². The van der Waals surface area contributed by atoms with Crippen LogP contribution in [0.3, 0.4) is 0 Å². The molecule has 0 radical (unpaired) electrons. The predicted octanol–water partition coefficient (Wildman–Crippen LogP) is 1.26. The lowest BCUT2D eigenvalue weighted by Gasteiger charge is -2.04. The van der Waals surface area contributed by atoms with Crippen molar-refractivity contribution in [1.29, 1.82) is 0 Å². The Hall–Kier alpha value is -0.390. The van der Waals surface area contributed by atoms with Crippen molar-refractivity contribution in [2.24, 2.45) is 5.73 Å². The van der Waals surface area contributed by atoms with Crippen LogP contribution in [0.4, 0.5) is 0 Å². The quantitative estimate of drug-likeness (QED) is 0.829. The van der Waals surface area contributed by atoms with E-state index in [1.165, 1.54) is 11.3 Å². The van der Waals surface area contributed by atoms with Crippen LogP contribution in [-0.4, -0.2) is 20.2 Å². The molecular formula is C8H13NO2S2. The van der Waals surface area contributed by atoms with Gasteiger partial charge in [0.15, 0.2) is 9.84 Å². The normalized spacial score (nSPS) is 14.3. The number of rotatable bonds is 4. The van der Waals surface area contributed by atoms with Gasteiger partial charge in [0.2, 0.25) is 0 Å². The van der Waals surface area contributed by atoms with Crippen LogP contribution in [0.5, 0.6) is 0 Å². The molecule has 5 heteroatoms. The molecule has 1 aromatic rings. The van der Waals surface area contributed by atoms with E-state index in [0.29, 0.717) is 10.6 Å². The minimum Gasteiger partial charge on any atom is -0.328 e. The Morgan fingerprint density at radius 3 is 2.77 bits per heavy atom. The van der Waals surface area contributed by atoms with Crippen molar-refractivity contribution >= 4 is 21.2 Å². The van der Waals surface area contributed by atoms with Gasteiger partial charge in [-0.15, -0.1) is 11.3 Å². The summed E-state index contributed by atoms with van der Waals surface area (Å²) in [6.45, 7) is 1.81. The zero-order chi connectivity index (χ0) is 9.90. The third kappa shape index (κ3) is 3.10. The average molecular weight is 219 g/mol. The van der Waals surface area contributed by atoms with Crippen LogP contribution in [0.2, 0.25) is 0 Å². The molecule has 0 fully saturated rings. The number of hydrogen-bond acceptors (Lipinski definition) is 4. The summed E-state index contributed by atoms with van der Waals surface area (Å²) in [6.07, 6.45) is 0.514. The highest BCUT2D eigenvalue weighted by atomic mass is 32.2. The van der Waals surface area contributed by atoms with Gasteiger partial charge >= 0.3 is 0 Å². The van der Waals surface area contributed by atoms with Gasteiger partial charge in [-0.3, -0.25) is 0 Å². The predicted molar refractivity (Wildman–Crippen MR) is 54.6 cm³/mol. The first-order valence-corrected chi connectivity index (χ1v) is 6.57. The largest absolute Gasteiger partial charge is 0.328 e. The lowest BCUT2D eigenvalue weighted by atomic mass is 10.3. The van der Waals surface area contributed by atoms with Gasteiger partial charge in [0.1, 0.15) is 4.21 Å². The van der Waals surface area contributed by atoms with E-state index < -0.39 is 9.84 Å². The molecule has 1 heterocycles. The van der Waals surface area contributed by atoms with Crippen molar-refractivity contribution in [3.63, 3.8) is 0 Å². The molecule has 0 bridgehead atoms. The summed E-state index contributed by atoms with van der Waals surface area (Å²) in [6, 6.07) is 3.31. The molecule has 1 aromatic heterocycles. The summed E-state index contributed by atoms with van der Waals surface area (Å²) < 4.78 is 23.5. The summed E-state index contributed by atoms with van der Waals surface area (Å²) in [4.78, 5) is 0. The second kappa shape index (κ2) is 4.21. The number of hydrogen-bond donors (Lipinski definition) is 1. The summed E-state index contributed by atoms with van der Waals surface area (Å²) in [5, 5.41) is 1.76. The maximum absolute atomic E-state index is 11.6. The molecule has 13 heavy (non-hydrogen) atoms. The van der Waals surface area contributed by atoms with E-state index >= 15 is 0 Å². The second-order valence-corrected chi connectivity index (χ2v) is 6.30. The molecule has 2 N–H and O–H groups in total. The van der Waals surface area contributed by atoms with Crippen LogP contribution >= 0.6 is 11.3 Å². The second-order valence-electron chi connectivity index (χ2n) is 3.02. The van der Waals surface area contributed by atoms with Gasteiger partial charge in [0, 0.05) is 6.04 Å². The van der Waals surface area contributed by atoms with Crippen molar-refractivity contribution < 1.29 is 8.42 Å². The van der Waals surface area contributed by atoms with Gasteiger partial charge in [0.05, 0.1) is 5.75 Å². The molecule has 0 spiro atoms. The average Bonchev–Trinajstić information content (AvgIpc) is 2.53. The first-order chi connectivity index (χ1) is 6.02. The van der Waals surface area contributed by atoms with E-state index in [-0.39, 0.29) is 11.8 Å². The van der Waals surface area contributed by atoms with Crippen LogP contribution in [0.15, 0.2) is 21.7 Å². The van der Waals surface area contributed by atoms with Crippen LogP contribution in [0.1, 0.15) is 13.3 Å². The Kier molecular flexibility index (Phi) is 3.47. The SMILES string of the molecule is CC(N)CCS(=O)(=O)c1cccs1. The molecule has 3 nitrogen and oxygen atoms in total. The third-order valence-electron chi connectivity index (χ3n) is 1.64. The van der Waals surface area contributed by atoms with Gasteiger partial charge in [-0.1, -0.05) is 6.07 Å². The lowest BCUT2D eigenvalue weighted by molar-refractivity contribution is 0.589. The van der Waals surface area contributed by atoms with Gasteiger partial charge in [-0.2, -0.15) is 0 Å². The van der Waals surface area contributed by atoms with Crippen LogP contribution in [0, 0.1) is 0 Å². The molecule has 0 aromatic carbocycles. The highest BCUT2D eigenvalue weighted by molar-refractivity contribution is 7.93. The zero-order valence-electron chi connectivity index (χ0n) is 7.43. The molecule has 0 aliphatic carbocycles. The third-order valence-corrected chi connectivity index (χ3v) is 4.88. The minimum absolute atomic E-state index is 0.0604. The van der Waals surface area contributed by atoms with Crippen molar-refractivity contribution in [2.45, 2.75) is 23.6 Å². The smallest absolute Gasteiger partial charge is 0.187 e. The highest BCUT2D eigenvalue weighted by Gasteiger charge is 2.15. The maximum Gasteiger partial charge on any atom is 0.187 e. The molecule has 1 rings (SSSR count). The first-order valence-electron chi connectivity index (χ1n) is 4.04. The van der Waals surface area contributed by atoms with Gasteiger partial charge in [-0.25, -0.2) is 8.42 Å². The van der Waals surface area contributed by atoms with Crippen molar-refractivity contribution in [3.8, 4) is 0 Å². The molecule has 0 aliphatic rings. The molecule has 74 valence electrons. The molecule has 0 aliphatic heterocycles. The van der Waals surface area contributed by atoms with Crippen molar-refractivity contribution in [1.82, 2.24) is 0 Å². The summed E-state index contributed by atoms with van der Waals surface area (Å²) >= 11 is 1.25. The van der Waals surface area contributed by atoms with E-state index in [4.69, 9.17) is 5.73 Å². The molecule has 0 amide bonds. The summed E-state index contributed by atoms with van der Waals surface area (Å²) in [5.41, 5.74) is 5.49. The molecule has 0 saturated heterocycles. The zero-order valence-corrected chi connectivity index (χ0v) is 9.07. The minimum atomic E-state index is -3.07. The van der Waals surface area contributed by atoms with Crippen LogP contribution in [-0.2, 0) is 9.84 Å². The Bertz CT molecular complexity index is 340. The van der Waals surface area contributed by atoms with Crippen LogP contribution < -0.4 is 5.73 Å². The fourth-order valence-electron chi connectivity index (χ4n) is 0.882. The van der Waals surface area contributed by atoms with E-state index in [0.717, 1.165) is 0 Å². The molecular weight excluding hydrogens is 206 g/mol. The standard InChI is InChI=1S/C8H13NO2S2/c1-7(9)4-6-13(10,11)8-3-2-5-12-8/h2-3,5,7H,4,6,9H2,1H3. The molecule has 0 saturated carbocycles. The fourth-order valence-corrected chi connectivity index (χ4v) is 3.50. The van der Waals surface area contributed by atoms with Crippen molar-refractivity contribution in [3.05, 3.63) is 17.5 Å². The monoisotopic (exact) mass is 219 g/mol. The number of sulfone groups is 1. The Morgan fingerprint density at radius 2 is 2.31 bits per heavy atom. The van der Waals surface area contributed by atoms with Crippen LogP contribution in [0.25, 0.3) is 0 Å². The number of nitrogens with two attached hydrogens (primary N) is 1. The number of thiophene rings is 1. The van der Waals surface area contributed by atoms with E-state index in [9.17, 15) is 8.42 Å². The molecule has 1 atom stereocenters. The van der Waals surface area contributed by atoms with Crippen molar-refractivity contribution in [2.75, 3.05) is 5.75 Å². The fraction of sp³-hybridized carbons (Fsp3) is 0.500.